The number of allylic oxidation sites excluding steroid dienone is 1. The van der Waals surface area contributed by atoms with Crippen molar-refractivity contribution in [2.45, 2.75) is 87.5 Å². The molecule has 0 aromatic heterocycles. The van der Waals surface area contributed by atoms with Gasteiger partial charge >= 0.3 is 11.9 Å². The summed E-state index contributed by atoms with van der Waals surface area (Å²) in [6.07, 6.45) is -14.6. The van der Waals surface area contributed by atoms with Crippen LogP contribution in [-0.2, 0) is 44.4 Å². The van der Waals surface area contributed by atoms with E-state index in [0.29, 0.717) is 5.56 Å². The molecule has 0 aliphatic carbocycles. The average Bonchev–Trinajstić information content (AvgIpc) is 3.09. The van der Waals surface area contributed by atoms with Gasteiger partial charge < -0.3 is 79.1 Å². The predicted octanol–water partition coefficient (Wildman–Crippen LogP) is -3.16. The number of ether oxygens (including phenoxy) is 7. The first-order valence-electron chi connectivity index (χ1n) is 15.4. The molecule has 3 heterocycles. The topological polar surface area (TPSA) is 281 Å². The minimum atomic E-state index is -1.73. The number of methoxy groups -OCH3 is 1. The number of hydrogen-bond acceptors (Lipinski definition) is 18. The zero-order chi connectivity index (χ0) is 36.0. The lowest BCUT2D eigenvalue weighted by atomic mass is 9.86. The maximum atomic E-state index is 13.0. The molecule has 1 aromatic carbocycles. The molecule has 12 atom stereocenters. The Bertz CT molecular complexity index is 1350. The van der Waals surface area contributed by atoms with Crippen molar-refractivity contribution in [3.63, 3.8) is 0 Å². The number of benzene rings is 1. The van der Waals surface area contributed by atoms with Crippen LogP contribution in [0.2, 0.25) is 0 Å². The fraction of sp³-hybridized carbons (Fsp3) is 0.613. The van der Waals surface area contributed by atoms with Gasteiger partial charge in [-0.1, -0.05) is 12.1 Å². The number of carbonyl (C=O) groups excluding carboxylic acids is 2. The molecule has 2 saturated heterocycles. The first-order valence-corrected chi connectivity index (χ1v) is 15.4. The van der Waals surface area contributed by atoms with Crippen molar-refractivity contribution in [3.05, 3.63) is 47.2 Å². The Balaban J connectivity index is 1.37. The number of aliphatic hydroxyl groups is 8. The highest BCUT2D eigenvalue weighted by Crippen LogP contribution is 2.36. The summed E-state index contributed by atoms with van der Waals surface area (Å²) >= 11 is 0. The quantitative estimate of drug-likeness (QED) is 0.0767. The summed E-state index contributed by atoms with van der Waals surface area (Å²) in [6, 6.07) is 4.18. The molecule has 0 spiro atoms. The Hall–Kier alpha value is -3.40. The number of esters is 2. The van der Waals surface area contributed by atoms with Crippen molar-refractivity contribution >= 4 is 11.9 Å². The molecule has 0 bridgehead atoms. The van der Waals surface area contributed by atoms with Crippen LogP contribution in [0.4, 0.5) is 0 Å². The SMILES string of the molecule is C/C=C1\[C@H](O[C@@H]2O[C@H](CO)[C@@H](O)[C@H](O)[C@H]2O)OC=C(C(=O)OC)[C@H]1CC(=O)OCCc1ccc(O[C@@H]2O[C@H](CO)[C@@H](O)[C@H](O)[C@H]2O)c(O)c1. The highest BCUT2D eigenvalue weighted by molar-refractivity contribution is 5.90. The van der Waals surface area contributed by atoms with Gasteiger partial charge in [0.25, 0.3) is 0 Å². The molecular weight excluding hydrogens is 660 g/mol. The van der Waals surface area contributed by atoms with Gasteiger partial charge in [0.05, 0.1) is 45.2 Å². The molecule has 18 heteroatoms. The molecular formula is C31H42O18. The third-order valence-electron chi connectivity index (χ3n) is 8.37. The van der Waals surface area contributed by atoms with Gasteiger partial charge in [-0.15, -0.1) is 0 Å². The summed E-state index contributed by atoms with van der Waals surface area (Å²) in [4.78, 5) is 25.5. The van der Waals surface area contributed by atoms with Gasteiger partial charge in [0, 0.05) is 17.9 Å². The lowest BCUT2D eigenvalue weighted by Gasteiger charge is -2.41. The predicted molar refractivity (Wildman–Crippen MR) is 159 cm³/mol. The first-order chi connectivity index (χ1) is 23.3. The maximum Gasteiger partial charge on any atom is 0.337 e. The van der Waals surface area contributed by atoms with Crippen molar-refractivity contribution in [3.8, 4) is 11.5 Å². The van der Waals surface area contributed by atoms with Gasteiger partial charge in [0.2, 0.25) is 12.6 Å². The Morgan fingerprint density at radius 1 is 0.878 bits per heavy atom. The minimum Gasteiger partial charge on any atom is -0.504 e. The molecule has 9 N–H and O–H groups in total. The van der Waals surface area contributed by atoms with E-state index in [0.717, 1.165) is 13.4 Å². The van der Waals surface area contributed by atoms with Crippen molar-refractivity contribution in [2.75, 3.05) is 26.9 Å². The van der Waals surface area contributed by atoms with Gasteiger partial charge in [-0.3, -0.25) is 4.79 Å². The van der Waals surface area contributed by atoms with Crippen molar-refractivity contribution in [1.82, 2.24) is 0 Å². The molecule has 4 rings (SSSR count). The molecule has 0 amide bonds. The molecule has 0 radical (unpaired) electrons. The third kappa shape index (κ3) is 8.67. The highest BCUT2D eigenvalue weighted by Gasteiger charge is 2.47. The summed E-state index contributed by atoms with van der Waals surface area (Å²) in [5, 5.41) is 90.0. The molecule has 3 aliphatic heterocycles. The zero-order valence-corrected chi connectivity index (χ0v) is 26.5. The number of aromatic hydroxyl groups is 1. The standard InChI is InChI=1S/C31H42O18/c1-3-14-15(16(28(42)43-2)12-45-29(14)49-31-27(41)25(39)23(37)20(11-33)48-31)9-21(35)44-7-6-13-4-5-18(17(34)8-13)46-30-26(40)24(38)22(36)19(10-32)47-30/h3-5,8,12,15,19-20,22-27,29-34,36-41H,6-7,9-11H2,1-2H3/b14-3-/t15-,19+,20+,22+,23+,24-,25-,26+,27+,29-,30+,31-/m0/s1. The van der Waals surface area contributed by atoms with Gasteiger partial charge in [0.15, 0.2) is 17.8 Å². The van der Waals surface area contributed by atoms with Gasteiger partial charge in [0.1, 0.15) is 48.8 Å². The van der Waals surface area contributed by atoms with E-state index in [4.69, 9.17) is 33.2 Å². The van der Waals surface area contributed by atoms with Crippen LogP contribution in [-0.4, -0.2) is 153 Å². The second-order valence-electron chi connectivity index (χ2n) is 11.5. The van der Waals surface area contributed by atoms with E-state index in [1.165, 1.54) is 24.3 Å². The lowest BCUT2D eigenvalue weighted by molar-refractivity contribution is -0.327. The Kier molecular flexibility index (Phi) is 13.3. The molecule has 2 fully saturated rings. The zero-order valence-electron chi connectivity index (χ0n) is 26.5. The lowest BCUT2D eigenvalue weighted by Crippen LogP contribution is -2.60. The highest BCUT2D eigenvalue weighted by atomic mass is 16.8. The summed E-state index contributed by atoms with van der Waals surface area (Å²) < 4.78 is 37.6. The van der Waals surface area contributed by atoms with Gasteiger partial charge in [-0.05, 0) is 24.6 Å². The largest absolute Gasteiger partial charge is 0.504 e. The molecule has 0 unspecified atom stereocenters. The van der Waals surface area contributed by atoms with Crippen molar-refractivity contribution in [1.29, 1.82) is 0 Å². The smallest absolute Gasteiger partial charge is 0.337 e. The summed E-state index contributed by atoms with van der Waals surface area (Å²) in [6.45, 7) is 0.0864. The molecule has 18 nitrogen and oxygen atoms in total. The second kappa shape index (κ2) is 17.0. The van der Waals surface area contributed by atoms with Crippen LogP contribution >= 0.6 is 0 Å². The van der Waals surface area contributed by atoms with E-state index in [1.54, 1.807) is 6.92 Å². The summed E-state index contributed by atoms with van der Waals surface area (Å²) in [7, 11) is 1.14. The fourth-order valence-electron chi connectivity index (χ4n) is 5.54. The molecule has 49 heavy (non-hydrogen) atoms. The number of carbonyl (C=O) groups is 2. The number of rotatable bonds is 12. The van der Waals surface area contributed by atoms with Crippen molar-refractivity contribution < 1.29 is 88.7 Å². The van der Waals surface area contributed by atoms with E-state index in [-0.39, 0.29) is 42.1 Å². The summed E-state index contributed by atoms with van der Waals surface area (Å²) in [5.41, 5.74) is 0.715. The molecule has 0 saturated carbocycles. The number of hydrogen-bond donors (Lipinski definition) is 9. The average molecular weight is 703 g/mol. The minimum absolute atomic E-state index is 0.0406. The van der Waals surface area contributed by atoms with E-state index >= 15 is 0 Å². The van der Waals surface area contributed by atoms with Crippen LogP contribution in [0.15, 0.2) is 41.7 Å². The Labute approximate surface area is 279 Å². The van der Waals surface area contributed by atoms with E-state index in [1.807, 2.05) is 0 Å². The fourth-order valence-corrected chi connectivity index (χ4v) is 5.54. The number of phenols is 1. The van der Waals surface area contributed by atoms with E-state index < -0.39 is 98.8 Å². The van der Waals surface area contributed by atoms with Crippen LogP contribution in [0.25, 0.3) is 0 Å². The van der Waals surface area contributed by atoms with Crippen LogP contribution in [0.3, 0.4) is 0 Å². The Morgan fingerprint density at radius 2 is 1.49 bits per heavy atom. The van der Waals surface area contributed by atoms with E-state index in [9.17, 15) is 55.5 Å². The van der Waals surface area contributed by atoms with Crippen LogP contribution < -0.4 is 4.74 Å². The monoisotopic (exact) mass is 702 g/mol. The number of aliphatic hydroxyl groups excluding tert-OH is 8. The van der Waals surface area contributed by atoms with Gasteiger partial charge in [-0.25, -0.2) is 4.79 Å². The van der Waals surface area contributed by atoms with Crippen LogP contribution in [0, 0.1) is 5.92 Å². The van der Waals surface area contributed by atoms with Crippen LogP contribution in [0.5, 0.6) is 11.5 Å². The normalized spacial score (nSPS) is 35.6. The van der Waals surface area contributed by atoms with Crippen molar-refractivity contribution in [2.24, 2.45) is 5.92 Å². The molecule has 1 aromatic rings. The van der Waals surface area contributed by atoms with Crippen LogP contribution in [0.1, 0.15) is 18.9 Å². The molecule has 274 valence electrons. The summed E-state index contributed by atoms with van der Waals surface area (Å²) in [5.74, 6) is -3.02. The maximum absolute atomic E-state index is 13.0. The van der Waals surface area contributed by atoms with Gasteiger partial charge in [-0.2, -0.15) is 0 Å². The third-order valence-corrected chi connectivity index (χ3v) is 8.37. The van der Waals surface area contributed by atoms with E-state index in [2.05, 4.69) is 0 Å². The number of phenolic OH excluding ortho intramolecular Hbond substituents is 1. The second-order valence-corrected chi connectivity index (χ2v) is 11.5. The Morgan fingerprint density at radius 3 is 2.06 bits per heavy atom. The molecule has 3 aliphatic rings. The first kappa shape index (κ1) is 38.4.